The van der Waals surface area contributed by atoms with Crippen molar-refractivity contribution in [3.05, 3.63) is 0 Å². The molecule has 0 bridgehead atoms. The van der Waals surface area contributed by atoms with Crippen molar-refractivity contribution in [1.82, 2.24) is 15.0 Å². The standard InChI is InChI=1S/C10H16N4O4/c1-14(6-5-7(15)16-2)8-11-9(17-3)13-10(12-8)18-4/h5-6H2,1-4H3. The molecule has 0 aliphatic carbocycles. The van der Waals surface area contributed by atoms with E-state index in [1.165, 1.54) is 21.3 Å². The van der Waals surface area contributed by atoms with Crippen molar-refractivity contribution in [1.29, 1.82) is 0 Å². The molecule has 0 radical (unpaired) electrons. The molecule has 0 aliphatic heterocycles. The monoisotopic (exact) mass is 256 g/mol. The lowest BCUT2D eigenvalue weighted by molar-refractivity contribution is -0.140. The topological polar surface area (TPSA) is 86.7 Å². The Balaban J connectivity index is 2.77. The Morgan fingerprint density at radius 2 is 1.67 bits per heavy atom. The maximum absolute atomic E-state index is 11.0. The lowest BCUT2D eigenvalue weighted by atomic mass is 10.4. The molecule has 0 N–H and O–H groups in total. The Bertz CT molecular complexity index is 391. The zero-order chi connectivity index (χ0) is 13.5. The third-order valence-corrected chi connectivity index (χ3v) is 2.17. The fraction of sp³-hybridized carbons (Fsp3) is 0.600. The van der Waals surface area contributed by atoms with E-state index in [9.17, 15) is 4.79 Å². The molecule has 1 heterocycles. The summed E-state index contributed by atoms with van der Waals surface area (Å²) < 4.78 is 14.4. The number of esters is 1. The highest BCUT2D eigenvalue weighted by molar-refractivity contribution is 5.69. The van der Waals surface area contributed by atoms with Crippen LogP contribution in [-0.4, -0.2) is 55.8 Å². The molecule has 8 nitrogen and oxygen atoms in total. The number of methoxy groups -OCH3 is 3. The molecule has 100 valence electrons. The van der Waals surface area contributed by atoms with Crippen molar-refractivity contribution < 1.29 is 19.0 Å². The zero-order valence-electron chi connectivity index (χ0n) is 10.8. The summed E-state index contributed by atoms with van der Waals surface area (Å²) in [5.41, 5.74) is 0. The second-order valence-electron chi connectivity index (χ2n) is 3.36. The molecule has 0 aromatic carbocycles. The van der Waals surface area contributed by atoms with Crippen molar-refractivity contribution in [3.8, 4) is 12.0 Å². The number of carbonyl (C=O) groups excluding carboxylic acids is 1. The molecule has 1 rings (SSSR count). The molecule has 0 atom stereocenters. The maximum atomic E-state index is 11.0. The molecule has 0 saturated carbocycles. The quantitative estimate of drug-likeness (QED) is 0.651. The average molecular weight is 256 g/mol. The van der Waals surface area contributed by atoms with Gasteiger partial charge in [0, 0.05) is 13.6 Å². The van der Waals surface area contributed by atoms with Crippen LogP contribution in [0.15, 0.2) is 0 Å². The minimum Gasteiger partial charge on any atom is -0.469 e. The van der Waals surface area contributed by atoms with Gasteiger partial charge in [-0.3, -0.25) is 4.79 Å². The second-order valence-corrected chi connectivity index (χ2v) is 3.36. The number of ether oxygens (including phenoxy) is 3. The van der Waals surface area contributed by atoms with Crippen molar-refractivity contribution in [3.63, 3.8) is 0 Å². The number of aromatic nitrogens is 3. The van der Waals surface area contributed by atoms with Crippen LogP contribution in [0.4, 0.5) is 5.95 Å². The third kappa shape index (κ3) is 3.72. The van der Waals surface area contributed by atoms with Crippen LogP contribution in [0.2, 0.25) is 0 Å². The van der Waals surface area contributed by atoms with Crippen molar-refractivity contribution >= 4 is 11.9 Å². The van der Waals surface area contributed by atoms with E-state index in [1.54, 1.807) is 11.9 Å². The van der Waals surface area contributed by atoms with Crippen LogP contribution < -0.4 is 14.4 Å². The van der Waals surface area contributed by atoms with Crippen molar-refractivity contribution in [2.45, 2.75) is 6.42 Å². The molecule has 18 heavy (non-hydrogen) atoms. The Hall–Kier alpha value is -2.12. The summed E-state index contributed by atoms with van der Waals surface area (Å²) in [4.78, 5) is 24.7. The Labute approximate surface area is 105 Å². The molecule has 0 saturated heterocycles. The van der Waals surface area contributed by atoms with Crippen molar-refractivity contribution in [2.75, 3.05) is 39.8 Å². The van der Waals surface area contributed by atoms with E-state index in [0.717, 1.165) is 0 Å². The molecular weight excluding hydrogens is 240 g/mol. The summed E-state index contributed by atoms with van der Waals surface area (Å²) in [5.74, 6) is 0.0671. The van der Waals surface area contributed by atoms with Gasteiger partial charge in [0.05, 0.1) is 27.8 Å². The molecule has 0 amide bonds. The first-order valence-corrected chi connectivity index (χ1v) is 5.22. The Morgan fingerprint density at radius 1 is 1.11 bits per heavy atom. The van der Waals surface area contributed by atoms with Gasteiger partial charge in [-0.25, -0.2) is 0 Å². The number of nitrogens with zero attached hydrogens (tertiary/aromatic N) is 4. The highest BCUT2D eigenvalue weighted by Gasteiger charge is 2.12. The fourth-order valence-corrected chi connectivity index (χ4v) is 1.14. The highest BCUT2D eigenvalue weighted by atomic mass is 16.5. The highest BCUT2D eigenvalue weighted by Crippen LogP contribution is 2.14. The predicted molar refractivity (Wildman–Crippen MR) is 62.8 cm³/mol. The number of hydrogen-bond acceptors (Lipinski definition) is 8. The summed E-state index contributed by atoms with van der Waals surface area (Å²) in [6.45, 7) is 0.420. The van der Waals surface area contributed by atoms with Gasteiger partial charge in [0.1, 0.15) is 0 Å². The molecule has 0 spiro atoms. The molecule has 0 aliphatic rings. The van der Waals surface area contributed by atoms with E-state index in [0.29, 0.717) is 12.5 Å². The summed E-state index contributed by atoms with van der Waals surface area (Å²) in [6.07, 6.45) is 0.239. The van der Waals surface area contributed by atoms with Crippen LogP contribution in [0.5, 0.6) is 12.0 Å². The maximum Gasteiger partial charge on any atom is 0.324 e. The van der Waals surface area contributed by atoms with Gasteiger partial charge in [-0.15, -0.1) is 4.98 Å². The zero-order valence-corrected chi connectivity index (χ0v) is 10.8. The Morgan fingerprint density at radius 3 is 2.11 bits per heavy atom. The number of anilines is 1. The van der Waals surface area contributed by atoms with Crippen LogP contribution >= 0.6 is 0 Å². The predicted octanol–water partition coefficient (Wildman–Crippen LogP) is -0.112. The van der Waals surface area contributed by atoms with Crippen molar-refractivity contribution in [2.24, 2.45) is 0 Å². The fourth-order valence-electron chi connectivity index (χ4n) is 1.14. The first kappa shape index (κ1) is 13.9. The van der Waals surface area contributed by atoms with Crippen LogP contribution in [-0.2, 0) is 9.53 Å². The number of hydrogen-bond donors (Lipinski definition) is 0. The van der Waals surface area contributed by atoms with Crippen LogP contribution in [0.3, 0.4) is 0 Å². The molecule has 8 heteroatoms. The van der Waals surface area contributed by atoms with E-state index in [2.05, 4.69) is 19.7 Å². The van der Waals surface area contributed by atoms with E-state index in [1.807, 2.05) is 0 Å². The summed E-state index contributed by atoms with van der Waals surface area (Å²) in [7, 11) is 5.99. The van der Waals surface area contributed by atoms with E-state index in [-0.39, 0.29) is 24.4 Å². The van der Waals surface area contributed by atoms with Gasteiger partial charge < -0.3 is 19.1 Å². The van der Waals surface area contributed by atoms with Gasteiger partial charge in [0.25, 0.3) is 0 Å². The van der Waals surface area contributed by atoms with Gasteiger partial charge in [-0.05, 0) is 0 Å². The Kier molecular flexibility index (Phi) is 5.09. The van der Waals surface area contributed by atoms with E-state index >= 15 is 0 Å². The molecular formula is C10H16N4O4. The van der Waals surface area contributed by atoms with Crippen LogP contribution in [0, 0.1) is 0 Å². The minimum absolute atomic E-state index is 0.154. The molecule has 1 aromatic rings. The molecule has 0 fully saturated rings. The lowest BCUT2D eigenvalue weighted by Gasteiger charge is -2.16. The lowest BCUT2D eigenvalue weighted by Crippen LogP contribution is -2.24. The molecule has 1 aromatic heterocycles. The van der Waals surface area contributed by atoms with E-state index in [4.69, 9.17) is 9.47 Å². The number of rotatable bonds is 6. The van der Waals surface area contributed by atoms with Gasteiger partial charge in [-0.2, -0.15) is 9.97 Å². The van der Waals surface area contributed by atoms with Gasteiger partial charge in [-0.1, -0.05) is 0 Å². The molecule has 0 unspecified atom stereocenters. The first-order chi connectivity index (χ1) is 8.60. The van der Waals surface area contributed by atoms with Crippen LogP contribution in [0.25, 0.3) is 0 Å². The van der Waals surface area contributed by atoms with Gasteiger partial charge >= 0.3 is 18.0 Å². The summed E-state index contributed by atoms with van der Waals surface area (Å²) in [5, 5.41) is 0. The second kappa shape index (κ2) is 6.58. The normalized spacial score (nSPS) is 9.78. The SMILES string of the molecule is COC(=O)CCN(C)c1nc(OC)nc(OC)n1. The van der Waals surface area contributed by atoms with Crippen LogP contribution in [0.1, 0.15) is 6.42 Å². The third-order valence-electron chi connectivity index (χ3n) is 2.17. The minimum atomic E-state index is -0.296. The van der Waals surface area contributed by atoms with Gasteiger partial charge in [0.15, 0.2) is 0 Å². The summed E-state index contributed by atoms with van der Waals surface area (Å²) in [6, 6.07) is 0.309. The van der Waals surface area contributed by atoms with Gasteiger partial charge in [0.2, 0.25) is 5.95 Å². The smallest absolute Gasteiger partial charge is 0.324 e. The first-order valence-electron chi connectivity index (χ1n) is 5.22. The largest absolute Gasteiger partial charge is 0.469 e. The summed E-state index contributed by atoms with van der Waals surface area (Å²) >= 11 is 0. The number of carbonyl (C=O) groups is 1. The average Bonchev–Trinajstić information content (AvgIpc) is 2.43. The van der Waals surface area contributed by atoms with E-state index < -0.39 is 0 Å².